The molecular formula is C15H25N5O3S. The normalized spacial score (nSPS) is 22.0. The maximum atomic E-state index is 12.6. The second kappa shape index (κ2) is 6.45. The minimum absolute atomic E-state index is 0.0688. The molecule has 0 bridgehead atoms. The predicted molar refractivity (Wildman–Crippen MR) is 88.7 cm³/mol. The number of aryl methyl sites for hydroxylation is 1. The van der Waals surface area contributed by atoms with Gasteiger partial charge in [0.05, 0.1) is 12.2 Å². The predicted octanol–water partition coefficient (Wildman–Crippen LogP) is -0.311. The number of likely N-dealkylation sites (tertiary alicyclic amines) is 1. The second-order valence-corrected chi connectivity index (χ2v) is 8.66. The minimum atomic E-state index is -3.74. The van der Waals surface area contributed by atoms with Gasteiger partial charge >= 0.3 is 0 Å². The number of amides is 1. The van der Waals surface area contributed by atoms with Crippen LogP contribution in [0.25, 0.3) is 0 Å². The lowest BCUT2D eigenvalue weighted by Gasteiger charge is -2.39. The first-order chi connectivity index (χ1) is 11.3. The molecule has 0 radical (unpaired) electrons. The van der Waals surface area contributed by atoms with Crippen LogP contribution in [-0.2, 0) is 21.9 Å². The Labute approximate surface area is 142 Å². The summed E-state index contributed by atoms with van der Waals surface area (Å²) in [6.07, 6.45) is 5.81. The lowest BCUT2D eigenvalue weighted by Crippen LogP contribution is -2.51. The summed E-state index contributed by atoms with van der Waals surface area (Å²) in [7, 11) is -2.09. The van der Waals surface area contributed by atoms with E-state index >= 15 is 0 Å². The van der Waals surface area contributed by atoms with Gasteiger partial charge in [0.1, 0.15) is 4.90 Å². The van der Waals surface area contributed by atoms with Crippen molar-refractivity contribution in [1.29, 1.82) is 0 Å². The van der Waals surface area contributed by atoms with Gasteiger partial charge in [0.25, 0.3) is 0 Å². The summed E-state index contributed by atoms with van der Waals surface area (Å²) in [5.41, 5.74) is 0.329. The van der Waals surface area contributed by atoms with Crippen LogP contribution in [0.15, 0.2) is 17.3 Å². The number of rotatable bonds is 4. The molecule has 2 aliphatic rings. The summed E-state index contributed by atoms with van der Waals surface area (Å²) in [5, 5.41) is 7.26. The Kier molecular flexibility index (Phi) is 4.67. The molecule has 1 unspecified atom stereocenters. The fourth-order valence-electron chi connectivity index (χ4n) is 3.59. The summed E-state index contributed by atoms with van der Waals surface area (Å²) < 4.78 is 28.5. The van der Waals surface area contributed by atoms with Crippen molar-refractivity contribution in [1.82, 2.24) is 24.7 Å². The zero-order valence-electron chi connectivity index (χ0n) is 14.2. The summed E-state index contributed by atoms with van der Waals surface area (Å²) >= 11 is 0. The first-order valence-corrected chi connectivity index (χ1v) is 9.80. The summed E-state index contributed by atoms with van der Waals surface area (Å²) in [6, 6.07) is -0.786. The average Bonchev–Trinajstić information content (AvgIpc) is 3.17. The Morgan fingerprint density at radius 3 is 2.62 bits per heavy atom. The Hall–Kier alpha value is -1.45. The van der Waals surface area contributed by atoms with E-state index in [1.807, 2.05) is 0 Å². The average molecular weight is 355 g/mol. The summed E-state index contributed by atoms with van der Waals surface area (Å²) in [4.78, 5) is 14.4. The lowest BCUT2D eigenvalue weighted by molar-refractivity contribution is -0.134. The largest absolute Gasteiger partial charge is 0.341 e. The molecule has 2 N–H and O–H groups in total. The van der Waals surface area contributed by atoms with Crippen molar-refractivity contribution in [2.24, 2.45) is 12.5 Å². The maximum absolute atomic E-state index is 12.6. The molecule has 3 rings (SSSR count). The van der Waals surface area contributed by atoms with Gasteiger partial charge in [-0.1, -0.05) is 0 Å². The number of piperidine rings is 1. The topological polar surface area (TPSA) is 96.3 Å². The molecule has 0 aromatic carbocycles. The second-order valence-electron chi connectivity index (χ2n) is 6.94. The van der Waals surface area contributed by atoms with Crippen LogP contribution in [0.3, 0.4) is 0 Å². The van der Waals surface area contributed by atoms with Gasteiger partial charge in [-0.2, -0.15) is 9.82 Å². The van der Waals surface area contributed by atoms with Crippen LogP contribution in [0.4, 0.5) is 0 Å². The number of hydrogen-bond donors (Lipinski definition) is 2. The molecule has 1 spiro atoms. The van der Waals surface area contributed by atoms with Crippen molar-refractivity contribution in [2.75, 3.05) is 26.2 Å². The zero-order chi connectivity index (χ0) is 17.4. The highest BCUT2D eigenvalue weighted by Crippen LogP contribution is 2.36. The van der Waals surface area contributed by atoms with Crippen molar-refractivity contribution in [2.45, 2.75) is 37.1 Å². The number of sulfonamides is 1. The van der Waals surface area contributed by atoms with Crippen molar-refractivity contribution in [3.8, 4) is 0 Å². The molecule has 8 nitrogen and oxygen atoms in total. The molecule has 2 saturated heterocycles. The molecule has 3 heterocycles. The first kappa shape index (κ1) is 17.4. The standard InChI is InChI=1S/C15H25N5O3S/c1-12(18-24(22,23)13-9-17-19(2)10-13)14(21)20-7-4-15(5-8-20)3-6-16-11-15/h9-10,12,16,18H,3-8,11H2,1-2H3. The number of aromatic nitrogens is 2. The molecular weight excluding hydrogens is 330 g/mol. The molecule has 0 saturated carbocycles. The molecule has 2 aliphatic heterocycles. The summed E-state index contributed by atoms with van der Waals surface area (Å²) in [5.74, 6) is -0.164. The molecule has 24 heavy (non-hydrogen) atoms. The fraction of sp³-hybridized carbons (Fsp3) is 0.733. The molecule has 1 amide bonds. The summed E-state index contributed by atoms with van der Waals surface area (Å²) in [6.45, 7) is 5.06. The van der Waals surface area contributed by atoms with Gasteiger partial charge in [0.2, 0.25) is 15.9 Å². The third-order valence-corrected chi connectivity index (χ3v) is 6.66. The van der Waals surface area contributed by atoms with Crippen LogP contribution in [0.2, 0.25) is 0 Å². The van der Waals surface area contributed by atoms with Crippen LogP contribution in [0.5, 0.6) is 0 Å². The van der Waals surface area contributed by atoms with E-state index in [1.54, 1.807) is 18.9 Å². The Bertz CT molecular complexity index is 698. The van der Waals surface area contributed by atoms with Crippen LogP contribution < -0.4 is 10.0 Å². The van der Waals surface area contributed by atoms with Gasteiger partial charge in [-0.3, -0.25) is 9.48 Å². The molecule has 9 heteroatoms. The van der Waals surface area contributed by atoms with Crippen molar-refractivity contribution >= 4 is 15.9 Å². The van der Waals surface area contributed by atoms with Crippen LogP contribution >= 0.6 is 0 Å². The number of carbonyl (C=O) groups is 1. The van der Waals surface area contributed by atoms with Gasteiger partial charge in [0.15, 0.2) is 0 Å². The van der Waals surface area contributed by atoms with Gasteiger partial charge in [0, 0.05) is 32.9 Å². The Balaban J connectivity index is 1.59. The maximum Gasteiger partial charge on any atom is 0.244 e. The number of nitrogens with zero attached hydrogens (tertiary/aromatic N) is 3. The highest BCUT2D eigenvalue weighted by Gasteiger charge is 2.39. The van der Waals surface area contributed by atoms with Gasteiger partial charge in [-0.25, -0.2) is 8.42 Å². The van der Waals surface area contributed by atoms with Crippen LogP contribution in [0.1, 0.15) is 26.2 Å². The molecule has 1 atom stereocenters. The zero-order valence-corrected chi connectivity index (χ0v) is 15.0. The number of hydrogen-bond acceptors (Lipinski definition) is 5. The smallest absolute Gasteiger partial charge is 0.244 e. The van der Waals surface area contributed by atoms with E-state index in [2.05, 4.69) is 15.1 Å². The Morgan fingerprint density at radius 2 is 2.08 bits per heavy atom. The SMILES string of the molecule is CC(NS(=O)(=O)c1cnn(C)c1)C(=O)N1CCC2(CCNC2)CC1. The Morgan fingerprint density at radius 1 is 1.38 bits per heavy atom. The van der Waals surface area contributed by atoms with Crippen molar-refractivity contribution in [3.63, 3.8) is 0 Å². The van der Waals surface area contributed by atoms with Gasteiger partial charge < -0.3 is 10.2 Å². The fourth-order valence-corrected chi connectivity index (χ4v) is 4.77. The van der Waals surface area contributed by atoms with E-state index in [0.717, 1.165) is 32.4 Å². The van der Waals surface area contributed by atoms with Crippen molar-refractivity contribution < 1.29 is 13.2 Å². The van der Waals surface area contributed by atoms with Crippen molar-refractivity contribution in [3.05, 3.63) is 12.4 Å². The number of nitrogens with one attached hydrogen (secondary N) is 2. The lowest BCUT2D eigenvalue weighted by atomic mass is 9.78. The third-order valence-electron chi connectivity index (χ3n) is 5.16. The molecule has 1 aromatic heterocycles. The molecule has 134 valence electrons. The number of carbonyl (C=O) groups excluding carboxylic acids is 1. The first-order valence-electron chi connectivity index (χ1n) is 8.32. The van der Waals surface area contributed by atoms with E-state index < -0.39 is 16.1 Å². The van der Waals surface area contributed by atoms with E-state index in [4.69, 9.17) is 0 Å². The highest BCUT2D eigenvalue weighted by atomic mass is 32.2. The third kappa shape index (κ3) is 3.47. The van der Waals surface area contributed by atoms with Crippen LogP contribution in [0, 0.1) is 5.41 Å². The minimum Gasteiger partial charge on any atom is -0.341 e. The molecule has 2 fully saturated rings. The van der Waals surface area contributed by atoms with E-state index in [0.29, 0.717) is 18.5 Å². The van der Waals surface area contributed by atoms with Crippen LogP contribution in [-0.4, -0.2) is 61.2 Å². The van der Waals surface area contributed by atoms with E-state index in [9.17, 15) is 13.2 Å². The quantitative estimate of drug-likeness (QED) is 0.772. The van der Waals surface area contributed by atoms with Gasteiger partial charge in [-0.05, 0) is 38.1 Å². The highest BCUT2D eigenvalue weighted by molar-refractivity contribution is 7.89. The van der Waals surface area contributed by atoms with E-state index in [1.165, 1.54) is 17.1 Å². The van der Waals surface area contributed by atoms with E-state index in [-0.39, 0.29) is 10.8 Å². The monoisotopic (exact) mass is 355 g/mol. The molecule has 1 aromatic rings. The van der Waals surface area contributed by atoms with Gasteiger partial charge in [-0.15, -0.1) is 0 Å². The molecule has 0 aliphatic carbocycles.